The molecule has 84 valence electrons. The second-order valence-corrected chi connectivity index (χ2v) is 4.02. The van der Waals surface area contributed by atoms with Crippen LogP contribution in [0.5, 0.6) is 0 Å². The summed E-state index contributed by atoms with van der Waals surface area (Å²) in [7, 11) is 0. The van der Waals surface area contributed by atoms with E-state index in [-0.39, 0.29) is 6.10 Å². The molecule has 1 saturated heterocycles. The average molecular weight is 201 g/mol. The van der Waals surface area contributed by atoms with Crippen molar-refractivity contribution >= 4 is 0 Å². The number of hydrogen-bond acceptors (Lipinski definition) is 3. The highest BCUT2D eigenvalue weighted by atomic mass is 16.5. The molecule has 0 aromatic heterocycles. The third-order valence-electron chi connectivity index (χ3n) is 3.06. The van der Waals surface area contributed by atoms with Gasteiger partial charge in [0.1, 0.15) is 0 Å². The molecule has 1 heterocycles. The Hall–Kier alpha value is -0.120. The Morgan fingerprint density at radius 2 is 2.21 bits per heavy atom. The Kier molecular flexibility index (Phi) is 5.45. The molecular formula is C11H23NO2. The molecule has 1 N–H and O–H groups in total. The van der Waals surface area contributed by atoms with E-state index >= 15 is 0 Å². The van der Waals surface area contributed by atoms with Crippen LogP contribution in [-0.4, -0.2) is 49.0 Å². The number of aliphatic hydroxyl groups excluding tert-OH is 1. The zero-order valence-electron chi connectivity index (χ0n) is 9.41. The Balaban J connectivity index is 2.21. The summed E-state index contributed by atoms with van der Waals surface area (Å²) in [5.41, 5.74) is 0. The maximum Gasteiger partial charge on any atom is 0.0593 e. The molecule has 1 aliphatic heterocycles. The molecule has 0 aromatic rings. The molecule has 0 radical (unpaired) electrons. The number of aliphatic hydroxyl groups is 1. The number of likely N-dealkylation sites (tertiary alicyclic amines) is 1. The second-order valence-electron chi connectivity index (χ2n) is 4.02. The van der Waals surface area contributed by atoms with E-state index < -0.39 is 0 Å². The van der Waals surface area contributed by atoms with Crippen molar-refractivity contribution in [2.24, 2.45) is 5.92 Å². The molecule has 1 aliphatic rings. The summed E-state index contributed by atoms with van der Waals surface area (Å²) in [6, 6.07) is 0. The van der Waals surface area contributed by atoms with Gasteiger partial charge in [-0.3, -0.25) is 0 Å². The van der Waals surface area contributed by atoms with Gasteiger partial charge in [0.2, 0.25) is 0 Å². The van der Waals surface area contributed by atoms with Gasteiger partial charge in [0, 0.05) is 26.2 Å². The highest BCUT2D eigenvalue weighted by molar-refractivity contribution is 4.78. The number of hydrogen-bond donors (Lipinski definition) is 1. The van der Waals surface area contributed by atoms with Crippen LogP contribution in [0.4, 0.5) is 0 Å². The standard InChI is InChI=1S/C11H23NO2/c1-3-10-9-12(6-5-11(10)13)7-8-14-4-2/h10-11,13H,3-9H2,1-2H3. The van der Waals surface area contributed by atoms with Gasteiger partial charge in [-0.2, -0.15) is 0 Å². The summed E-state index contributed by atoms with van der Waals surface area (Å²) >= 11 is 0. The van der Waals surface area contributed by atoms with Gasteiger partial charge in [-0.05, 0) is 25.7 Å². The van der Waals surface area contributed by atoms with Gasteiger partial charge in [-0.25, -0.2) is 0 Å². The topological polar surface area (TPSA) is 32.7 Å². The lowest BCUT2D eigenvalue weighted by molar-refractivity contribution is 0.0132. The van der Waals surface area contributed by atoms with Crippen LogP contribution in [0.25, 0.3) is 0 Å². The fraction of sp³-hybridized carbons (Fsp3) is 1.00. The van der Waals surface area contributed by atoms with E-state index in [2.05, 4.69) is 11.8 Å². The number of piperidine rings is 1. The van der Waals surface area contributed by atoms with Crippen LogP contribution in [-0.2, 0) is 4.74 Å². The van der Waals surface area contributed by atoms with E-state index in [1.165, 1.54) is 0 Å². The predicted octanol–water partition coefficient (Wildman–Crippen LogP) is 1.12. The SMILES string of the molecule is CCOCCN1CCC(O)C(CC)C1. The molecule has 0 saturated carbocycles. The highest BCUT2D eigenvalue weighted by Gasteiger charge is 2.25. The predicted molar refractivity (Wildman–Crippen MR) is 57.3 cm³/mol. The molecular weight excluding hydrogens is 178 g/mol. The summed E-state index contributed by atoms with van der Waals surface area (Å²) in [6.07, 6.45) is 1.92. The van der Waals surface area contributed by atoms with Crippen molar-refractivity contribution in [3.05, 3.63) is 0 Å². The van der Waals surface area contributed by atoms with Crippen LogP contribution < -0.4 is 0 Å². The molecule has 0 aliphatic carbocycles. The molecule has 0 amide bonds. The third kappa shape index (κ3) is 3.56. The summed E-state index contributed by atoms with van der Waals surface area (Å²) in [4.78, 5) is 2.40. The summed E-state index contributed by atoms with van der Waals surface area (Å²) in [5, 5.41) is 9.70. The van der Waals surface area contributed by atoms with Gasteiger partial charge >= 0.3 is 0 Å². The lowest BCUT2D eigenvalue weighted by atomic mass is 9.92. The minimum absolute atomic E-state index is 0.0802. The largest absolute Gasteiger partial charge is 0.393 e. The number of nitrogens with zero attached hydrogens (tertiary/aromatic N) is 1. The van der Waals surface area contributed by atoms with Gasteiger partial charge in [0.25, 0.3) is 0 Å². The first-order chi connectivity index (χ1) is 6.77. The Morgan fingerprint density at radius 3 is 2.86 bits per heavy atom. The second kappa shape index (κ2) is 6.38. The molecule has 2 atom stereocenters. The Labute approximate surface area is 87.1 Å². The number of rotatable bonds is 5. The minimum atomic E-state index is -0.0802. The van der Waals surface area contributed by atoms with Crippen molar-refractivity contribution in [3.63, 3.8) is 0 Å². The monoisotopic (exact) mass is 201 g/mol. The molecule has 3 nitrogen and oxygen atoms in total. The maximum atomic E-state index is 9.70. The van der Waals surface area contributed by atoms with Gasteiger partial charge in [-0.15, -0.1) is 0 Å². The van der Waals surface area contributed by atoms with E-state index in [1.54, 1.807) is 0 Å². The summed E-state index contributed by atoms with van der Waals surface area (Å²) < 4.78 is 5.33. The average Bonchev–Trinajstić information content (AvgIpc) is 2.21. The molecule has 0 aromatic carbocycles. The first-order valence-electron chi connectivity index (χ1n) is 5.76. The molecule has 1 rings (SSSR count). The van der Waals surface area contributed by atoms with Crippen molar-refractivity contribution in [2.75, 3.05) is 32.8 Å². The van der Waals surface area contributed by atoms with Gasteiger partial charge < -0.3 is 14.7 Å². The fourth-order valence-corrected chi connectivity index (χ4v) is 2.04. The lowest BCUT2D eigenvalue weighted by Gasteiger charge is -2.35. The van der Waals surface area contributed by atoms with E-state index in [9.17, 15) is 5.11 Å². The summed E-state index contributed by atoms with van der Waals surface area (Å²) in [6.45, 7) is 8.86. The van der Waals surface area contributed by atoms with E-state index in [1.807, 2.05) is 6.92 Å². The molecule has 0 bridgehead atoms. The molecule has 1 fully saturated rings. The van der Waals surface area contributed by atoms with Crippen molar-refractivity contribution in [1.82, 2.24) is 4.90 Å². The lowest BCUT2D eigenvalue weighted by Crippen LogP contribution is -2.44. The molecule has 14 heavy (non-hydrogen) atoms. The van der Waals surface area contributed by atoms with Crippen molar-refractivity contribution < 1.29 is 9.84 Å². The quantitative estimate of drug-likeness (QED) is 0.676. The third-order valence-corrected chi connectivity index (χ3v) is 3.06. The zero-order valence-corrected chi connectivity index (χ0v) is 9.41. The van der Waals surface area contributed by atoms with Crippen LogP contribution in [0.15, 0.2) is 0 Å². The van der Waals surface area contributed by atoms with Crippen LogP contribution in [0.2, 0.25) is 0 Å². The summed E-state index contributed by atoms with van der Waals surface area (Å²) in [5.74, 6) is 0.463. The Morgan fingerprint density at radius 1 is 1.43 bits per heavy atom. The smallest absolute Gasteiger partial charge is 0.0593 e. The van der Waals surface area contributed by atoms with Crippen LogP contribution >= 0.6 is 0 Å². The molecule has 3 heteroatoms. The van der Waals surface area contributed by atoms with E-state index in [0.717, 1.165) is 45.7 Å². The minimum Gasteiger partial charge on any atom is -0.393 e. The fourth-order valence-electron chi connectivity index (χ4n) is 2.04. The highest BCUT2D eigenvalue weighted by Crippen LogP contribution is 2.19. The number of ether oxygens (including phenoxy) is 1. The normalized spacial score (nSPS) is 29.4. The first kappa shape index (κ1) is 12.0. The van der Waals surface area contributed by atoms with Crippen molar-refractivity contribution in [3.8, 4) is 0 Å². The Bertz CT molecular complexity index is 152. The van der Waals surface area contributed by atoms with Crippen molar-refractivity contribution in [1.29, 1.82) is 0 Å². The zero-order chi connectivity index (χ0) is 10.4. The first-order valence-corrected chi connectivity index (χ1v) is 5.76. The maximum absolute atomic E-state index is 9.70. The van der Waals surface area contributed by atoms with E-state index in [4.69, 9.17) is 4.74 Å². The van der Waals surface area contributed by atoms with Gasteiger partial charge in [0.05, 0.1) is 12.7 Å². The van der Waals surface area contributed by atoms with Crippen molar-refractivity contribution in [2.45, 2.75) is 32.8 Å². The molecule has 2 unspecified atom stereocenters. The molecule has 0 spiro atoms. The van der Waals surface area contributed by atoms with Crippen LogP contribution in [0, 0.1) is 5.92 Å². The van der Waals surface area contributed by atoms with Crippen LogP contribution in [0.1, 0.15) is 26.7 Å². The van der Waals surface area contributed by atoms with Gasteiger partial charge in [-0.1, -0.05) is 6.92 Å². The van der Waals surface area contributed by atoms with E-state index in [0.29, 0.717) is 5.92 Å². The van der Waals surface area contributed by atoms with Crippen LogP contribution in [0.3, 0.4) is 0 Å². The van der Waals surface area contributed by atoms with Gasteiger partial charge in [0.15, 0.2) is 0 Å².